The highest BCUT2D eigenvalue weighted by molar-refractivity contribution is 7.91. The number of esters is 1. The van der Waals surface area contributed by atoms with Crippen LogP contribution in [0.15, 0.2) is 33.6 Å². The molecule has 2 unspecified atom stereocenters. The molecule has 4 N–H and O–H groups in total. The molecule has 0 bridgehead atoms. The van der Waals surface area contributed by atoms with Crippen molar-refractivity contribution < 1.29 is 28.0 Å². The maximum absolute atomic E-state index is 13.6. The van der Waals surface area contributed by atoms with Gasteiger partial charge in [-0.2, -0.15) is 4.31 Å². The first kappa shape index (κ1) is 27.5. The monoisotopic (exact) mass is 592 g/mol. The first-order valence-corrected chi connectivity index (χ1v) is 15.4. The number of nitrogens with one attached hydrogen (secondary N) is 1. The van der Waals surface area contributed by atoms with Crippen LogP contribution in [0.2, 0.25) is 0 Å². The van der Waals surface area contributed by atoms with Gasteiger partial charge in [0, 0.05) is 53.8 Å². The molecule has 3 aromatic rings. The summed E-state index contributed by atoms with van der Waals surface area (Å²) in [6.45, 7) is 4.22. The summed E-state index contributed by atoms with van der Waals surface area (Å²) in [6.07, 6.45) is 0.711. The van der Waals surface area contributed by atoms with E-state index in [1.54, 1.807) is 25.1 Å². The van der Waals surface area contributed by atoms with Gasteiger partial charge in [-0.25, -0.2) is 18.2 Å². The number of thiophene rings is 1. The number of amides is 1. The van der Waals surface area contributed by atoms with E-state index in [0.29, 0.717) is 28.6 Å². The third-order valence-corrected chi connectivity index (χ3v) is 11.2. The SMILES string of the molecule is CCOC(=O)C1CN(S(=O)(=O)c2cc3cc(C(N)=NO)ccc3s2)CCN1C(=O)c1nc2c(s1)CNC(C)C2. The Balaban J connectivity index is 1.41. The molecule has 1 saturated heterocycles. The summed E-state index contributed by atoms with van der Waals surface area (Å²) < 4.78 is 34.5. The number of aromatic nitrogens is 1. The van der Waals surface area contributed by atoms with Crippen LogP contribution in [0.1, 0.15) is 39.8 Å². The molecule has 2 aromatic heterocycles. The second kappa shape index (κ2) is 10.8. The zero-order valence-electron chi connectivity index (χ0n) is 21.3. The largest absolute Gasteiger partial charge is 0.464 e. The zero-order chi connectivity index (χ0) is 27.9. The van der Waals surface area contributed by atoms with Crippen LogP contribution in [0, 0.1) is 0 Å². The summed E-state index contributed by atoms with van der Waals surface area (Å²) in [5, 5.41) is 16.2. The minimum Gasteiger partial charge on any atom is -0.464 e. The third kappa shape index (κ3) is 5.24. The smallest absolute Gasteiger partial charge is 0.330 e. The topological polar surface area (TPSA) is 168 Å². The van der Waals surface area contributed by atoms with Crippen LogP contribution in [0.25, 0.3) is 10.1 Å². The van der Waals surface area contributed by atoms with E-state index in [-0.39, 0.29) is 47.3 Å². The third-order valence-electron chi connectivity index (χ3n) is 6.73. The molecular formula is C24H28N6O6S3. The van der Waals surface area contributed by atoms with Crippen LogP contribution >= 0.6 is 22.7 Å². The Labute approximate surface area is 233 Å². The van der Waals surface area contributed by atoms with Gasteiger partial charge in [0.25, 0.3) is 15.9 Å². The van der Waals surface area contributed by atoms with Crippen LogP contribution in [0.4, 0.5) is 0 Å². The standard InChI is InChI=1S/C24H28N6O6S3/c1-3-36-24(32)17-12-29(6-7-30(17)23(31)22-27-16-8-13(2)26-11-19(16)38-22)39(34,35)20-10-15-9-14(21(25)28-33)4-5-18(15)37-20/h4-5,9-10,13,17,26,33H,3,6-8,11-12H2,1-2H3,(H2,25,28). The number of nitrogens with zero attached hydrogens (tertiary/aromatic N) is 4. The average Bonchev–Trinajstić information content (AvgIpc) is 3.56. The van der Waals surface area contributed by atoms with Crippen molar-refractivity contribution in [2.45, 2.75) is 43.1 Å². The predicted molar refractivity (Wildman–Crippen MR) is 147 cm³/mol. The van der Waals surface area contributed by atoms with Gasteiger partial charge in [-0.15, -0.1) is 22.7 Å². The Hall–Kier alpha value is -3.11. The van der Waals surface area contributed by atoms with Crippen LogP contribution in [0.5, 0.6) is 0 Å². The highest BCUT2D eigenvalue weighted by atomic mass is 32.2. The van der Waals surface area contributed by atoms with Gasteiger partial charge in [-0.3, -0.25) is 4.79 Å². The van der Waals surface area contributed by atoms with E-state index in [9.17, 15) is 18.0 Å². The van der Waals surface area contributed by atoms with Crippen molar-refractivity contribution in [3.8, 4) is 0 Å². The number of carbonyl (C=O) groups excluding carboxylic acids is 2. The van der Waals surface area contributed by atoms with Crippen molar-refractivity contribution in [1.29, 1.82) is 0 Å². The highest BCUT2D eigenvalue weighted by Crippen LogP contribution is 2.33. The number of amidine groups is 1. The number of carbonyl (C=O) groups is 2. The van der Waals surface area contributed by atoms with E-state index in [1.165, 1.54) is 26.6 Å². The molecule has 208 valence electrons. The number of rotatable bonds is 6. The van der Waals surface area contributed by atoms with Crippen LogP contribution in [-0.2, 0) is 32.5 Å². The Morgan fingerprint density at radius 1 is 1.28 bits per heavy atom. The summed E-state index contributed by atoms with van der Waals surface area (Å²) in [5.41, 5.74) is 7.00. The Morgan fingerprint density at radius 2 is 2.08 bits per heavy atom. The first-order chi connectivity index (χ1) is 18.6. The molecule has 15 heteroatoms. The van der Waals surface area contributed by atoms with Crippen molar-refractivity contribution >= 4 is 60.5 Å². The number of sulfonamides is 1. The van der Waals surface area contributed by atoms with Gasteiger partial charge in [0.2, 0.25) is 0 Å². The van der Waals surface area contributed by atoms with E-state index < -0.39 is 27.9 Å². The summed E-state index contributed by atoms with van der Waals surface area (Å²) in [6, 6.07) is 5.65. The van der Waals surface area contributed by atoms with Gasteiger partial charge in [0.15, 0.2) is 10.8 Å². The molecule has 2 aliphatic rings. The lowest BCUT2D eigenvalue weighted by molar-refractivity contribution is -0.149. The molecule has 2 atom stereocenters. The number of nitrogens with two attached hydrogens (primary N) is 1. The number of fused-ring (bicyclic) bond motifs is 2. The van der Waals surface area contributed by atoms with E-state index in [1.807, 2.05) is 0 Å². The molecule has 0 aliphatic carbocycles. The number of oxime groups is 1. The number of hydrogen-bond acceptors (Lipinski definition) is 11. The van der Waals surface area contributed by atoms with Crippen molar-refractivity contribution in [3.63, 3.8) is 0 Å². The summed E-state index contributed by atoms with van der Waals surface area (Å²) in [4.78, 5) is 33.4. The number of benzene rings is 1. The quantitative estimate of drug-likeness (QED) is 0.127. The fourth-order valence-corrected chi connectivity index (χ4v) is 8.64. The zero-order valence-corrected chi connectivity index (χ0v) is 23.7. The van der Waals surface area contributed by atoms with Gasteiger partial charge in [-0.05, 0) is 43.5 Å². The fourth-order valence-electron chi connectivity index (χ4n) is 4.67. The molecule has 0 saturated carbocycles. The fraction of sp³-hybridized carbons (Fsp3) is 0.417. The lowest BCUT2D eigenvalue weighted by Gasteiger charge is -2.38. The highest BCUT2D eigenvalue weighted by Gasteiger charge is 2.42. The van der Waals surface area contributed by atoms with Crippen LogP contribution in [0.3, 0.4) is 0 Å². The molecule has 0 radical (unpaired) electrons. The Bertz CT molecular complexity index is 1570. The van der Waals surface area contributed by atoms with Crippen LogP contribution in [-0.4, -0.2) is 83.9 Å². The van der Waals surface area contributed by atoms with E-state index in [2.05, 4.69) is 22.4 Å². The summed E-state index contributed by atoms with van der Waals surface area (Å²) >= 11 is 2.38. The van der Waals surface area contributed by atoms with E-state index in [0.717, 1.165) is 21.9 Å². The Kier molecular flexibility index (Phi) is 7.61. The molecule has 12 nitrogen and oxygen atoms in total. The van der Waals surface area contributed by atoms with Gasteiger partial charge in [0.1, 0.15) is 10.3 Å². The van der Waals surface area contributed by atoms with Crippen molar-refractivity contribution in [1.82, 2.24) is 19.5 Å². The number of hydrogen-bond donors (Lipinski definition) is 3. The minimum absolute atomic E-state index is 0.0112. The average molecular weight is 593 g/mol. The van der Waals surface area contributed by atoms with Gasteiger partial charge in [-0.1, -0.05) is 5.16 Å². The lowest BCUT2D eigenvalue weighted by Crippen LogP contribution is -2.59. The minimum atomic E-state index is -3.99. The number of thiazole rings is 1. The van der Waals surface area contributed by atoms with Gasteiger partial charge in [0.05, 0.1) is 12.3 Å². The molecule has 4 heterocycles. The first-order valence-electron chi connectivity index (χ1n) is 12.3. The molecule has 1 aromatic carbocycles. The summed E-state index contributed by atoms with van der Waals surface area (Å²) in [7, 11) is -3.99. The maximum Gasteiger partial charge on any atom is 0.330 e. The molecule has 1 amide bonds. The molecule has 0 spiro atoms. The number of piperazine rings is 1. The van der Waals surface area contributed by atoms with E-state index in [4.69, 9.17) is 15.7 Å². The maximum atomic E-state index is 13.6. The van der Waals surface area contributed by atoms with Crippen molar-refractivity contribution in [2.75, 3.05) is 26.2 Å². The normalized spacial score (nSPS) is 20.7. The second-order valence-electron chi connectivity index (χ2n) is 9.31. The summed E-state index contributed by atoms with van der Waals surface area (Å²) in [5.74, 6) is -1.16. The van der Waals surface area contributed by atoms with Gasteiger partial charge >= 0.3 is 5.97 Å². The predicted octanol–water partition coefficient (Wildman–Crippen LogP) is 1.56. The van der Waals surface area contributed by atoms with E-state index >= 15 is 0 Å². The molecule has 1 fully saturated rings. The van der Waals surface area contributed by atoms with Crippen molar-refractivity contribution in [2.24, 2.45) is 10.9 Å². The molecule has 5 rings (SSSR count). The van der Waals surface area contributed by atoms with Crippen molar-refractivity contribution in [3.05, 3.63) is 45.4 Å². The lowest BCUT2D eigenvalue weighted by atomic mass is 10.1. The molecule has 39 heavy (non-hydrogen) atoms. The van der Waals surface area contributed by atoms with Crippen LogP contribution < -0.4 is 11.1 Å². The van der Waals surface area contributed by atoms with Gasteiger partial charge < -0.3 is 25.9 Å². The second-order valence-corrected chi connectivity index (χ2v) is 13.6. The molecular weight excluding hydrogens is 565 g/mol. The Morgan fingerprint density at radius 3 is 2.82 bits per heavy atom. The number of ether oxygens (including phenoxy) is 1. The molecule has 2 aliphatic heterocycles.